The molecule has 0 saturated heterocycles. The third kappa shape index (κ3) is 3.68. The Bertz CT molecular complexity index is 342. The summed E-state index contributed by atoms with van der Waals surface area (Å²) < 4.78 is 5.22. The standard InChI is InChI=1S/C13H23N3S2/c1-4-5-14-11-7-9(2)6-10(3)12(11)17-13-15-8-16-18-13/h8-12,14H,4-7H2,1-3H3. The molecule has 1 saturated carbocycles. The van der Waals surface area contributed by atoms with Gasteiger partial charge in [0.25, 0.3) is 0 Å². The molecule has 1 aliphatic rings. The van der Waals surface area contributed by atoms with E-state index in [2.05, 4.69) is 35.4 Å². The smallest absolute Gasteiger partial charge is 0.170 e. The molecule has 1 aromatic heterocycles. The van der Waals surface area contributed by atoms with Crippen LogP contribution in [0.25, 0.3) is 0 Å². The zero-order valence-electron chi connectivity index (χ0n) is 11.4. The van der Waals surface area contributed by atoms with E-state index in [0.29, 0.717) is 11.3 Å². The zero-order chi connectivity index (χ0) is 13.0. The maximum atomic E-state index is 4.32. The largest absolute Gasteiger partial charge is 0.313 e. The normalized spacial score (nSPS) is 32.6. The SMILES string of the molecule is CCCNC1CC(C)CC(C)C1Sc1ncns1. The first kappa shape index (κ1) is 14.3. The fourth-order valence-corrected chi connectivity index (χ4v) is 4.86. The van der Waals surface area contributed by atoms with Gasteiger partial charge in [-0.1, -0.05) is 32.5 Å². The number of thioether (sulfide) groups is 1. The lowest BCUT2D eigenvalue weighted by atomic mass is 9.80. The quantitative estimate of drug-likeness (QED) is 0.899. The predicted molar refractivity (Wildman–Crippen MR) is 79.2 cm³/mol. The van der Waals surface area contributed by atoms with Gasteiger partial charge >= 0.3 is 0 Å². The van der Waals surface area contributed by atoms with Gasteiger partial charge in [0.15, 0.2) is 4.34 Å². The average molecular weight is 285 g/mol. The van der Waals surface area contributed by atoms with E-state index in [1.54, 1.807) is 6.33 Å². The van der Waals surface area contributed by atoms with E-state index < -0.39 is 0 Å². The lowest BCUT2D eigenvalue weighted by molar-refractivity contribution is 0.249. The van der Waals surface area contributed by atoms with E-state index in [1.165, 1.54) is 30.8 Å². The molecular formula is C13H23N3S2. The number of nitrogens with zero attached hydrogens (tertiary/aromatic N) is 2. The van der Waals surface area contributed by atoms with Crippen LogP contribution in [-0.4, -0.2) is 27.2 Å². The van der Waals surface area contributed by atoms with E-state index in [0.717, 1.165) is 22.7 Å². The Labute approximate surface area is 118 Å². The summed E-state index contributed by atoms with van der Waals surface area (Å²) >= 11 is 3.44. The molecule has 0 amide bonds. The summed E-state index contributed by atoms with van der Waals surface area (Å²) in [6, 6.07) is 0.623. The maximum Gasteiger partial charge on any atom is 0.170 e. The van der Waals surface area contributed by atoms with Crippen molar-refractivity contribution in [2.24, 2.45) is 11.8 Å². The Morgan fingerprint density at radius 1 is 1.44 bits per heavy atom. The van der Waals surface area contributed by atoms with Crippen LogP contribution in [0.5, 0.6) is 0 Å². The first-order chi connectivity index (χ1) is 8.70. The van der Waals surface area contributed by atoms with E-state index in [4.69, 9.17) is 0 Å². The fourth-order valence-electron chi connectivity index (χ4n) is 2.89. The summed E-state index contributed by atoms with van der Waals surface area (Å²) in [6.45, 7) is 8.12. The molecule has 1 fully saturated rings. The molecule has 18 heavy (non-hydrogen) atoms. The highest BCUT2D eigenvalue weighted by atomic mass is 32.2. The van der Waals surface area contributed by atoms with Crippen LogP contribution >= 0.6 is 23.3 Å². The molecule has 0 bridgehead atoms. The highest BCUT2D eigenvalue weighted by molar-refractivity contribution is 8.01. The van der Waals surface area contributed by atoms with Gasteiger partial charge in [0.1, 0.15) is 6.33 Å². The minimum Gasteiger partial charge on any atom is -0.313 e. The van der Waals surface area contributed by atoms with Crippen LogP contribution < -0.4 is 5.32 Å². The molecule has 3 nitrogen and oxygen atoms in total. The Morgan fingerprint density at radius 3 is 2.94 bits per heavy atom. The minimum absolute atomic E-state index is 0.623. The van der Waals surface area contributed by atoms with E-state index in [1.807, 2.05) is 11.8 Å². The molecule has 4 atom stereocenters. The third-order valence-corrected chi connectivity index (χ3v) is 5.97. The van der Waals surface area contributed by atoms with Gasteiger partial charge in [-0.2, -0.15) is 4.37 Å². The molecular weight excluding hydrogens is 262 g/mol. The molecule has 1 heterocycles. The van der Waals surface area contributed by atoms with Crippen molar-refractivity contribution in [3.63, 3.8) is 0 Å². The van der Waals surface area contributed by atoms with Gasteiger partial charge in [-0.25, -0.2) is 4.98 Å². The van der Waals surface area contributed by atoms with Crippen molar-refractivity contribution < 1.29 is 0 Å². The summed E-state index contributed by atoms with van der Waals surface area (Å²) in [5.74, 6) is 1.58. The zero-order valence-corrected chi connectivity index (χ0v) is 13.1. The Kier molecular flexibility index (Phi) is 5.45. The minimum atomic E-state index is 0.623. The van der Waals surface area contributed by atoms with Crippen molar-refractivity contribution in [2.45, 2.75) is 55.7 Å². The second-order valence-electron chi connectivity index (χ2n) is 5.40. The number of rotatable bonds is 5. The van der Waals surface area contributed by atoms with Gasteiger partial charge in [-0.3, -0.25) is 0 Å². The molecule has 1 aliphatic carbocycles. The number of hydrogen-bond acceptors (Lipinski definition) is 5. The highest BCUT2D eigenvalue weighted by Gasteiger charge is 2.34. The van der Waals surface area contributed by atoms with E-state index in [-0.39, 0.29) is 0 Å². The van der Waals surface area contributed by atoms with Crippen LogP contribution in [0.3, 0.4) is 0 Å². The van der Waals surface area contributed by atoms with Gasteiger partial charge in [-0.05, 0) is 49.2 Å². The Morgan fingerprint density at radius 2 is 2.28 bits per heavy atom. The second-order valence-corrected chi connectivity index (χ2v) is 7.61. The van der Waals surface area contributed by atoms with Crippen LogP contribution in [0.4, 0.5) is 0 Å². The summed E-state index contributed by atoms with van der Waals surface area (Å²) in [4.78, 5) is 4.32. The summed E-state index contributed by atoms with van der Waals surface area (Å²) in [7, 11) is 0. The third-order valence-electron chi connectivity index (χ3n) is 3.62. The van der Waals surface area contributed by atoms with Gasteiger partial charge in [-0.15, -0.1) is 0 Å². The molecule has 4 unspecified atom stereocenters. The van der Waals surface area contributed by atoms with Crippen molar-refractivity contribution >= 4 is 23.3 Å². The second kappa shape index (κ2) is 6.87. The molecule has 0 aromatic carbocycles. The average Bonchev–Trinajstić information content (AvgIpc) is 2.83. The topological polar surface area (TPSA) is 37.8 Å². The highest BCUT2D eigenvalue weighted by Crippen LogP contribution is 2.39. The molecule has 2 rings (SSSR count). The van der Waals surface area contributed by atoms with Crippen LogP contribution in [0.2, 0.25) is 0 Å². The van der Waals surface area contributed by atoms with Crippen LogP contribution in [0.1, 0.15) is 40.0 Å². The lowest BCUT2D eigenvalue weighted by Gasteiger charge is -2.39. The van der Waals surface area contributed by atoms with E-state index >= 15 is 0 Å². The monoisotopic (exact) mass is 285 g/mol. The number of aromatic nitrogens is 2. The van der Waals surface area contributed by atoms with Crippen LogP contribution in [0, 0.1) is 11.8 Å². The van der Waals surface area contributed by atoms with Gasteiger partial charge in [0.2, 0.25) is 0 Å². The van der Waals surface area contributed by atoms with Crippen molar-refractivity contribution in [3.8, 4) is 0 Å². The molecule has 0 aliphatic heterocycles. The lowest BCUT2D eigenvalue weighted by Crippen LogP contribution is -2.46. The first-order valence-corrected chi connectivity index (χ1v) is 8.52. The molecule has 0 radical (unpaired) electrons. The molecule has 102 valence electrons. The van der Waals surface area contributed by atoms with Crippen molar-refractivity contribution in [1.29, 1.82) is 0 Å². The van der Waals surface area contributed by atoms with Crippen molar-refractivity contribution in [3.05, 3.63) is 6.33 Å². The van der Waals surface area contributed by atoms with Gasteiger partial charge < -0.3 is 5.32 Å². The Balaban J connectivity index is 2.01. The first-order valence-electron chi connectivity index (χ1n) is 6.87. The van der Waals surface area contributed by atoms with Gasteiger partial charge in [0, 0.05) is 11.3 Å². The molecule has 1 N–H and O–H groups in total. The number of hydrogen-bond donors (Lipinski definition) is 1. The fraction of sp³-hybridized carbons (Fsp3) is 0.846. The summed E-state index contributed by atoms with van der Waals surface area (Å²) in [6.07, 6.45) is 5.49. The van der Waals surface area contributed by atoms with Crippen LogP contribution in [0.15, 0.2) is 10.7 Å². The summed E-state index contributed by atoms with van der Waals surface area (Å²) in [5.41, 5.74) is 0. The maximum absolute atomic E-state index is 4.32. The van der Waals surface area contributed by atoms with Crippen LogP contribution in [-0.2, 0) is 0 Å². The van der Waals surface area contributed by atoms with E-state index in [9.17, 15) is 0 Å². The summed E-state index contributed by atoms with van der Waals surface area (Å²) in [5, 5.41) is 4.37. The van der Waals surface area contributed by atoms with Gasteiger partial charge in [0.05, 0.1) is 0 Å². The Hall–Kier alpha value is -0.130. The van der Waals surface area contributed by atoms with Crippen molar-refractivity contribution in [1.82, 2.24) is 14.7 Å². The predicted octanol–water partition coefficient (Wildman–Crippen LogP) is 3.43. The number of nitrogens with one attached hydrogen (secondary N) is 1. The molecule has 5 heteroatoms. The molecule has 0 spiro atoms. The van der Waals surface area contributed by atoms with Crippen molar-refractivity contribution in [2.75, 3.05) is 6.54 Å². The molecule has 1 aromatic rings.